The highest BCUT2D eigenvalue weighted by Gasteiger charge is 2.36. The second-order valence-electron chi connectivity index (χ2n) is 7.54. The van der Waals surface area contributed by atoms with Gasteiger partial charge in [-0.2, -0.15) is 0 Å². The topological polar surface area (TPSA) is 35.5 Å². The lowest BCUT2D eigenvalue weighted by molar-refractivity contribution is -0.133. The zero-order valence-corrected chi connectivity index (χ0v) is 15.2. The molecule has 3 rings (SSSR count). The predicted molar refractivity (Wildman–Crippen MR) is 95.1 cm³/mol. The van der Waals surface area contributed by atoms with Crippen molar-refractivity contribution >= 4 is 5.97 Å². The second kappa shape index (κ2) is 5.66. The van der Waals surface area contributed by atoms with Crippen LogP contribution in [0.1, 0.15) is 54.5 Å². The van der Waals surface area contributed by atoms with Crippen molar-refractivity contribution < 1.29 is 14.3 Å². The molecule has 0 fully saturated rings. The van der Waals surface area contributed by atoms with Crippen molar-refractivity contribution in [3.63, 3.8) is 0 Å². The molecule has 24 heavy (non-hydrogen) atoms. The van der Waals surface area contributed by atoms with E-state index in [1.807, 2.05) is 38.1 Å². The van der Waals surface area contributed by atoms with Crippen LogP contribution in [0.5, 0.6) is 11.5 Å². The average molecular weight is 324 g/mol. The molecule has 1 atom stereocenters. The Morgan fingerprint density at radius 1 is 1.04 bits per heavy atom. The maximum Gasteiger partial charge on any atom is 0.323 e. The third-order valence-corrected chi connectivity index (χ3v) is 4.65. The van der Waals surface area contributed by atoms with Gasteiger partial charge in [0.2, 0.25) is 0 Å². The van der Waals surface area contributed by atoms with E-state index >= 15 is 0 Å². The van der Waals surface area contributed by atoms with Crippen LogP contribution in [0.4, 0.5) is 0 Å². The molecule has 3 nitrogen and oxygen atoms in total. The van der Waals surface area contributed by atoms with Crippen molar-refractivity contribution in [2.45, 2.75) is 46.0 Å². The second-order valence-corrected chi connectivity index (χ2v) is 7.54. The molecule has 0 bridgehead atoms. The van der Waals surface area contributed by atoms with Gasteiger partial charge in [0, 0.05) is 5.56 Å². The number of carbonyl (C=O) groups excluding carboxylic acids is 1. The van der Waals surface area contributed by atoms with E-state index in [0.717, 1.165) is 28.0 Å². The van der Waals surface area contributed by atoms with E-state index in [1.165, 1.54) is 5.56 Å². The van der Waals surface area contributed by atoms with Gasteiger partial charge in [0.05, 0.1) is 7.11 Å². The van der Waals surface area contributed by atoms with Crippen molar-refractivity contribution in [1.82, 2.24) is 0 Å². The molecule has 2 aromatic carbocycles. The summed E-state index contributed by atoms with van der Waals surface area (Å²) in [5, 5.41) is 0. The van der Waals surface area contributed by atoms with Crippen LogP contribution in [0.15, 0.2) is 30.3 Å². The molecule has 3 heteroatoms. The molecular weight excluding hydrogens is 300 g/mol. The number of esters is 1. The summed E-state index contributed by atoms with van der Waals surface area (Å²) < 4.78 is 10.9. The minimum atomic E-state index is -0.370. The van der Waals surface area contributed by atoms with Gasteiger partial charge in [-0.25, -0.2) is 0 Å². The Morgan fingerprint density at radius 2 is 1.67 bits per heavy atom. The molecule has 1 aliphatic rings. The van der Waals surface area contributed by atoms with Crippen LogP contribution in [-0.4, -0.2) is 13.1 Å². The summed E-state index contributed by atoms with van der Waals surface area (Å²) in [6.07, 6.45) is 0. The Morgan fingerprint density at radius 3 is 2.21 bits per heavy atom. The fourth-order valence-electron chi connectivity index (χ4n) is 3.42. The Bertz CT molecular complexity index is 789. The highest BCUT2D eigenvalue weighted by molar-refractivity contribution is 5.89. The third kappa shape index (κ3) is 2.68. The van der Waals surface area contributed by atoms with Crippen molar-refractivity contribution in [1.29, 1.82) is 0 Å². The fraction of sp³-hybridized carbons (Fsp3) is 0.381. The number of carbonyl (C=O) groups is 1. The molecule has 1 aliphatic heterocycles. The van der Waals surface area contributed by atoms with E-state index < -0.39 is 0 Å². The van der Waals surface area contributed by atoms with Crippen LogP contribution >= 0.6 is 0 Å². The number of hydrogen-bond donors (Lipinski definition) is 0. The van der Waals surface area contributed by atoms with E-state index in [1.54, 1.807) is 7.11 Å². The van der Waals surface area contributed by atoms with Gasteiger partial charge in [-0.3, -0.25) is 4.79 Å². The minimum Gasteiger partial charge on any atom is -0.496 e. The molecule has 0 N–H and O–H groups in total. The highest BCUT2D eigenvalue weighted by atomic mass is 16.5. The normalized spacial score (nSPS) is 16.8. The van der Waals surface area contributed by atoms with Crippen LogP contribution in [0.25, 0.3) is 0 Å². The molecule has 0 spiro atoms. The van der Waals surface area contributed by atoms with Gasteiger partial charge in [-0.05, 0) is 47.6 Å². The summed E-state index contributed by atoms with van der Waals surface area (Å²) >= 11 is 0. The molecule has 1 heterocycles. The largest absolute Gasteiger partial charge is 0.496 e. The smallest absolute Gasteiger partial charge is 0.323 e. The van der Waals surface area contributed by atoms with Crippen LogP contribution < -0.4 is 9.47 Å². The zero-order valence-electron chi connectivity index (χ0n) is 15.2. The Balaban J connectivity index is 2.13. The standard InChI is InChI=1S/C21H24O3/c1-12-9-14(10-13(2)19(12)23-6)18-16-11-15(21(3,4)5)7-8-17(16)24-20(18)22/h7-11,18H,1-6H3. The van der Waals surface area contributed by atoms with Crippen molar-refractivity contribution in [3.8, 4) is 11.5 Å². The molecule has 126 valence electrons. The Labute approximate surface area is 143 Å². The first-order chi connectivity index (χ1) is 11.2. The number of rotatable bonds is 2. The third-order valence-electron chi connectivity index (χ3n) is 4.65. The lowest BCUT2D eigenvalue weighted by Crippen LogP contribution is -2.13. The van der Waals surface area contributed by atoms with Gasteiger partial charge < -0.3 is 9.47 Å². The molecule has 0 aromatic heterocycles. The van der Waals surface area contributed by atoms with Gasteiger partial charge in [0.25, 0.3) is 0 Å². The van der Waals surface area contributed by atoms with Crippen molar-refractivity contribution in [3.05, 3.63) is 58.1 Å². The van der Waals surface area contributed by atoms with E-state index in [2.05, 4.69) is 26.8 Å². The van der Waals surface area contributed by atoms with E-state index in [-0.39, 0.29) is 17.3 Å². The number of hydrogen-bond acceptors (Lipinski definition) is 3. The summed E-state index contributed by atoms with van der Waals surface area (Å²) in [5.74, 6) is 0.962. The van der Waals surface area contributed by atoms with E-state index in [9.17, 15) is 4.79 Å². The molecule has 0 radical (unpaired) electrons. The average Bonchev–Trinajstić information content (AvgIpc) is 2.80. The molecule has 2 aromatic rings. The summed E-state index contributed by atoms with van der Waals surface area (Å²) in [6, 6.07) is 10.1. The van der Waals surface area contributed by atoms with Crippen LogP contribution in [-0.2, 0) is 10.2 Å². The van der Waals surface area contributed by atoms with Gasteiger partial charge in [0.1, 0.15) is 17.4 Å². The first-order valence-corrected chi connectivity index (χ1v) is 8.23. The zero-order chi connectivity index (χ0) is 17.6. The maximum atomic E-state index is 12.5. The summed E-state index contributed by atoms with van der Waals surface area (Å²) in [5.41, 5.74) is 5.20. The number of methoxy groups -OCH3 is 1. The van der Waals surface area contributed by atoms with E-state index in [4.69, 9.17) is 9.47 Å². The van der Waals surface area contributed by atoms with Gasteiger partial charge in [0.15, 0.2) is 0 Å². The van der Waals surface area contributed by atoms with Gasteiger partial charge in [-0.1, -0.05) is 45.0 Å². The van der Waals surface area contributed by atoms with Crippen molar-refractivity contribution in [2.24, 2.45) is 0 Å². The lowest BCUT2D eigenvalue weighted by atomic mass is 9.83. The molecular formula is C21H24O3. The number of ether oxygens (including phenoxy) is 2. The number of aryl methyl sites for hydroxylation is 2. The van der Waals surface area contributed by atoms with Crippen molar-refractivity contribution in [2.75, 3.05) is 7.11 Å². The Kier molecular flexibility index (Phi) is 3.90. The molecule has 0 saturated heterocycles. The molecule has 0 saturated carbocycles. The van der Waals surface area contributed by atoms with Gasteiger partial charge >= 0.3 is 5.97 Å². The molecule has 1 unspecified atom stereocenters. The Hall–Kier alpha value is -2.29. The first kappa shape index (κ1) is 16.6. The van der Waals surface area contributed by atoms with E-state index in [0.29, 0.717) is 5.75 Å². The SMILES string of the molecule is COc1c(C)cc(C2C(=O)Oc3ccc(C(C)(C)C)cc32)cc1C. The predicted octanol–water partition coefficient (Wildman–Crippen LogP) is 4.66. The summed E-state index contributed by atoms with van der Waals surface area (Å²) in [7, 11) is 1.67. The number of fused-ring (bicyclic) bond motifs is 1. The van der Waals surface area contributed by atoms with Crippen LogP contribution in [0.3, 0.4) is 0 Å². The van der Waals surface area contributed by atoms with Crippen LogP contribution in [0, 0.1) is 13.8 Å². The fourth-order valence-corrected chi connectivity index (χ4v) is 3.42. The number of benzene rings is 2. The quantitative estimate of drug-likeness (QED) is 0.595. The molecule has 0 amide bonds. The summed E-state index contributed by atoms with van der Waals surface area (Å²) in [4.78, 5) is 12.5. The molecule has 0 aliphatic carbocycles. The summed E-state index contributed by atoms with van der Waals surface area (Å²) in [6.45, 7) is 10.5. The lowest BCUT2D eigenvalue weighted by Gasteiger charge is -2.20. The monoisotopic (exact) mass is 324 g/mol. The maximum absolute atomic E-state index is 12.5. The first-order valence-electron chi connectivity index (χ1n) is 8.23. The highest BCUT2D eigenvalue weighted by Crippen LogP contribution is 2.42. The minimum absolute atomic E-state index is 0.0248. The van der Waals surface area contributed by atoms with Gasteiger partial charge in [-0.15, -0.1) is 0 Å². The van der Waals surface area contributed by atoms with Crippen LogP contribution in [0.2, 0.25) is 0 Å².